The number of aliphatic imine (C=N–C) groups is 1. The first-order chi connectivity index (χ1) is 10.7. The van der Waals surface area contributed by atoms with Gasteiger partial charge in [-0.2, -0.15) is 0 Å². The van der Waals surface area contributed by atoms with E-state index in [0.29, 0.717) is 0 Å². The molecule has 23 heavy (non-hydrogen) atoms. The molecule has 1 aromatic carbocycles. The number of thiophene rings is 1. The summed E-state index contributed by atoms with van der Waals surface area (Å²) in [6.07, 6.45) is 1.79. The Hall–Kier alpha value is -1.15. The van der Waals surface area contributed by atoms with Gasteiger partial charge in [-0.05, 0) is 54.5 Å². The molecule has 0 unspecified atom stereocenters. The van der Waals surface area contributed by atoms with E-state index >= 15 is 0 Å². The lowest BCUT2D eigenvalue weighted by molar-refractivity contribution is 0.624. The Morgan fingerprint density at radius 3 is 2.74 bits per heavy atom. The molecule has 0 aliphatic carbocycles. The van der Waals surface area contributed by atoms with Crippen LogP contribution in [0.4, 0.5) is 4.39 Å². The number of aryl methyl sites for hydroxylation is 2. The highest BCUT2D eigenvalue weighted by Crippen LogP contribution is 2.14. The average Bonchev–Trinajstić information content (AvgIpc) is 2.92. The minimum absolute atomic E-state index is 0. The number of nitrogens with zero attached hydrogens (tertiary/aromatic N) is 1. The quantitative estimate of drug-likeness (QED) is 0.303. The summed E-state index contributed by atoms with van der Waals surface area (Å²) >= 11 is 1.75. The molecule has 2 rings (SSSR count). The molecule has 0 fully saturated rings. The maximum atomic E-state index is 13.1. The first kappa shape index (κ1) is 19.9. The normalized spacial score (nSPS) is 11.0. The molecule has 0 aliphatic heterocycles. The molecule has 0 saturated carbocycles. The lowest BCUT2D eigenvalue weighted by Gasteiger charge is -2.11. The molecular formula is C17H23FIN3S. The zero-order chi connectivity index (χ0) is 15.8. The van der Waals surface area contributed by atoms with E-state index in [1.165, 1.54) is 16.5 Å². The van der Waals surface area contributed by atoms with Gasteiger partial charge in [0, 0.05) is 18.5 Å². The Balaban J connectivity index is 0.00000264. The van der Waals surface area contributed by atoms with Crippen molar-refractivity contribution in [3.05, 3.63) is 57.5 Å². The summed E-state index contributed by atoms with van der Waals surface area (Å²) in [6.45, 7) is 3.70. The standard InChI is InChI=1S/C17H22FN3S.HI/c1-13-8-10-22-16(13)12-21-17(19-2)20-9-4-6-14-5-3-7-15(18)11-14;/h3,5,7-8,10-11H,4,6,9,12H2,1-2H3,(H2,19,20,21);1H. The van der Waals surface area contributed by atoms with Crippen LogP contribution in [-0.2, 0) is 13.0 Å². The summed E-state index contributed by atoms with van der Waals surface area (Å²) < 4.78 is 13.1. The summed E-state index contributed by atoms with van der Waals surface area (Å²) in [5.74, 6) is 0.626. The van der Waals surface area contributed by atoms with Gasteiger partial charge in [0.1, 0.15) is 5.82 Å². The van der Waals surface area contributed by atoms with Crippen molar-refractivity contribution in [2.24, 2.45) is 4.99 Å². The Morgan fingerprint density at radius 1 is 1.26 bits per heavy atom. The molecule has 1 aromatic heterocycles. The van der Waals surface area contributed by atoms with Gasteiger partial charge in [0.25, 0.3) is 0 Å². The summed E-state index contributed by atoms with van der Waals surface area (Å²) in [5.41, 5.74) is 2.33. The third-order valence-corrected chi connectivity index (χ3v) is 4.45. The first-order valence-corrected chi connectivity index (χ1v) is 8.29. The monoisotopic (exact) mass is 447 g/mol. The molecule has 0 saturated heterocycles. The number of benzene rings is 1. The van der Waals surface area contributed by atoms with Crippen molar-refractivity contribution in [1.82, 2.24) is 10.6 Å². The average molecular weight is 447 g/mol. The van der Waals surface area contributed by atoms with E-state index in [4.69, 9.17) is 0 Å². The molecule has 6 heteroatoms. The third kappa shape index (κ3) is 6.87. The molecular weight excluding hydrogens is 424 g/mol. The van der Waals surface area contributed by atoms with Gasteiger partial charge in [0.2, 0.25) is 0 Å². The van der Waals surface area contributed by atoms with Gasteiger partial charge in [0.15, 0.2) is 5.96 Å². The topological polar surface area (TPSA) is 36.4 Å². The Kier molecular flexibility index (Phi) is 9.16. The van der Waals surface area contributed by atoms with Gasteiger partial charge in [-0.1, -0.05) is 12.1 Å². The van der Waals surface area contributed by atoms with Crippen molar-refractivity contribution in [3.63, 3.8) is 0 Å². The van der Waals surface area contributed by atoms with Crippen molar-refractivity contribution in [2.75, 3.05) is 13.6 Å². The maximum absolute atomic E-state index is 13.1. The highest BCUT2D eigenvalue weighted by atomic mass is 127. The van der Waals surface area contributed by atoms with Crippen molar-refractivity contribution in [3.8, 4) is 0 Å². The van der Waals surface area contributed by atoms with Crippen LogP contribution in [0, 0.1) is 12.7 Å². The Morgan fingerprint density at radius 2 is 2.09 bits per heavy atom. The molecule has 0 radical (unpaired) electrons. The smallest absolute Gasteiger partial charge is 0.191 e. The highest BCUT2D eigenvalue weighted by Gasteiger charge is 2.02. The van der Waals surface area contributed by atoms with Crippen LogP contribution in [0.25, 0.3) is 0 Å². The SMILES string of the molecule is CN=C(NCCCc1cccc(F)c1)NCc1sccc1C.I. The van der Waals surface area contributed by atoms with Crippen LogP contribution >= 0.6 is 35.3 Å². The van der Waals surface area contributed by atoms with Crippen LogP contribution in [0.2, 0.25) is 0 Å². The Bertz CT molecular complexity index is 628. The largest absolute Gasteiger partial charge is 0.356 e. The highest BCUT2D eigenvalue weighted by molar-refractivity contribution is 14.0. The fourth-order valence-corrected chi connectivity index (χ4v) is 3.01. The number of hydrogen-bond donors (Lipinski definition) is 2. The van der Waals surface area contributed by atoms with Crippen LogP contribution in [-0.4, -0.2) is 19.6 Å². The van der Waals surface area contributed by atoms with E-state index < -0.39 is 0 Å². The predicted molar refractivity (Wildman–Crippen MR) is 107 cm³/mol. The van der Waals surface area contributed by atoms with E-state index in [0.717, 1.165) is 37.5 Å². The third-order valence-electron chi connectivity index (χ3n) is 3.43. The zero-order valence-electron chi connectivity index (χ0n) is 13.4. The summed E-state index contributed by atoms with van der Waals surface area (Å²) in [4.78, 5) is 5.54. The summed E-state index contributed by atoms with van der Waals surface area (Å²) in [6, 6.07) is 8.89. The number of nitrogens with one attached hydrogen (secondary N) is 2. The molecule has 0 atom stereocenters. The van der Waals surface area contributed by atoms with Gasteiger partial charge < -0.3 is 10.6 Å². The molecule has 2 aromatic rings. The lowest BCUT2D eigenvalue weighted by Crippen LogP contribution is -2.37. The molecule has 0 spiro atoms. The van der Waals surface area contributed by atoms with Crippen molar-refractivity contribution in [1.29, 1.82) is 0 Å². The second-order valence-electron chi connectivity index (χ2n) is 5.11. The van der Waals surface area contributed by atoms with E-state index in [1.54, 1.807) is 30.5 Å². The van der Waals surface area contributed by atoms with Gasteiger partial charge in [-0.25, -0.2) is 4.39 Å². The minimum atomic E-state index is -0.172. The first-order valence-electron chi connectivity index (χ1n) is 7.41. The van der Waals surface area contributed by atoms with E-state index in [9.17, 15) is 4.39 Å². The van der Waals surface area contributed by atoms with Gasteiger partial charge in [0.05, 0.1) is 6.54 Å². The predicted octanol–water partition coefficient (Wildman–Crippen LogP) is 4.11. The van der Waals surface area contributed by atoms with Crippen LogP contribution in [0.5, 0.6) is 0 Å². The Labute approximate surface area is 158 Å². The number of guanidine groups is 1. The van der Waals surface area contributed by atoms with Gasteiger partial charge in [-0.3, -0.25) is 4.99 Å². The molecule has 2 N–H and O–H groups in total. The van der Waals surface area contributed by atoms with Crippen molar-refractivity contribution in [2.45, 2.75) is 26.3 Å². The van der Waals surface area contributed by atoms with Crippen molar-refractivity contribution < 1.29 is 4.39 Å². The molecule has 126 valence electrons. The second kappa shape index (κ2) is 10.6. The van der Waals surface area contributed by atoms with Crippen molar-refractivity contribution >= 4 is 41.3 Å². The van der Waals surface area contributed by atoms with Crippen LogP contribution < -0.4 is 10.6 Å². The molecule has 1 heterocycles. The maximum Gasteiger partial charge on any atom is 0.191 e. The van der Waals surface area contributed by atoms with E-state index in [1.807, 2.05) is 6.07 Å². The molecule has 3 nitrogen and oxygen atoms in total. The summed E-state index contributed by atoms with van der Waals surface area (Å²) in [7, 11) is 1.77. The molecule has 0 bridgehead atoms. The fourth-order valence-electron chi connectivity index (χ4n) is 2.16. The molecule has 0 aliphatic rings. The second-order valence-corrected chi connectivity index (χ2v) is 6.11. The zero-order valence-corrected chi connectivity index (χ0v) is 16.6. The van der Waals surface area contributed by atoms with Crippen LogP contribution in [0.1, 0.15) is 22.4 Å². The van der Waals surface area contributed by atoms with Crippen LogP contribution in [0.3, 0.4) is 0 Å². The number of halogens is 2. The van der Waals surface area contributed by atoms with Crippen LogP contribution in [0.15, 0.2) is 40.7 Å². The van der Waals surface area contributed by atoms with Gasteiger partial charge >= 0.3 is 0 Å². The minimum Gasteiger partial charge on any atom is -0.356 e. The number of hydrogen-bond acceptors (Lipinski definition) is 2. The van der Waals surface area contributed by atoms with E-state index in [-0.39, 0.29) is 29.8 Å². The summed E-state index contributed by atoms with van der Waals surface area (Å²) in [5, 5.41) is 8.69. The lowest BCUT2D eigenvalue weighted by atomic mass is 10.1. The molecule has 0 amide bonds. The van der Waals surface area contributed by atoms with E-state index in [2.05, 4.69) is 34.0 Å². The number of rotatable bonds is 6. The van der Waals surface area contributed by atoms with Gasteiger partial charge in [-0.15, -0.1) is 35.3 Å². The fraction of sp³-hybridized carbons (Fsp3) is 0.353.